The molecule has 0 aliphatic carbocycles. The molecule has 132 valence electrons. The molecule has 1 fully saturated rings. The van der Waals surface area contributed by atoms with Crippen LogP contribution in [0.2, 0.25) is 0 Å². The first kappa shape index (κ1) is 16.4. The summed E-state index contributed by atoms with van der Waals surface area (Å²) >= 11 is 0. The van der Waals surface area contributed by atoms with Gasteiger partial charge in [-0.25, -0.2) is 4.79 Å². The summed E-state index contributed by atoms with van der Waals surface area (Å²) < 4.78 is 17.7. The fourth-order valence-electron chi connectivity index (χ4n) is 4.20. The monoisotopic (exact) mass is 342 g/mol. The summed E-state index contributed by atoms with van der Waals surface area (Å²) in [5.74, 6) is -0.768. The Balaban J connectivity index is 2.04. The van der Waals surface area contributed by atoms with E-state index in [2.05, 4.69) is 6.58 Å². The first-order chi connectivity index (χ1) is 11.6. The largest absolute Gasteiger partial charge is 0.458 e. The quantitative estimate of drug-likeness (QED) is 0.637. The Kier molecular flexibility index (Phi) is 3.10. The van der Waals surface area contributed by atoms with Crippen molar-refractivity contribution in [1.29, 1.82) is 0 Å². The van der Waals surface area contributed by atoms with Gasteiger partial charge in [0, 0.05) is 11.8 Å². The van der Waals surface area contributed by atoms with Crippen LogP contribution in [-0.4, -0.2) is 22.6 Å². The van der Waals surface area contributed by atoms with Crippen LogP contribution in [0.15, 0.2) is 40.1 Å². The molecule has 1 saturated heterocycles. The van der Waals surface area contributed by atoms with E-state index in [1.807, 2.05) is 39.8 Å². The molecule has 1 N–H and O–H groups in total. The van der Waals surface area contributed by atoms with Gasteiger partial charge in [0.2, 0.25) is 5.79 Å². The molecule has 4 rings (SSSR count). The normalized spacial score (nSPS) is 32.8. The van der Waals surface area contributed by atoms with E-state index in [1.165, 1.54) is 0 Å². The minimum Gasteiger partial charge on any atom is -0.458 e. The van der Waals surface area contributed by atoms with Crippen LogP contribution in [0.5, 0.6) is 5.75 Å². The van der Waals surface area contributed by atoms with E-state index < -0.39 is 28.5 Å². The number of hydrogen-bond acceptors (Lipinski definition) is 5. The van der Waals surface area contributed by atoms with Gasteiger partial charge in [-0.05, 0) is 32.4 Å². The number of hydrogen-bond donors (Lipinski definition) is 1. The summed E-state index contributed by atoms with van der Waals surface area (Å²) in [5, 5.41) is 11.5. The highest BCUT2D eigenvalue weighted by Gasteiger charge is 2.66. The Bertz CT molecular complexity index is 956. The molecule has 1 spiro atoms. The summed E-state index contributed by atoms with van der Waals surface area (Å²) in [4.78, 5) is 12.7. The van der Waals surface area contributed by atoms with E-state index >= 15 is 0 Å². The van der Waals surface area contributed by atoms with Gasteiger partial charge in [-0.3, -0.25) is 0 Å². The molecule has 1 aromatic carbocycles. The molecule has 0 radical (unpaired) electrons. The zero-order valence-corrected chi connectivity index (χ0v) is 14.9. The maximum Gasteiger partial charge on any atom is 0.344 e. The molecule has 3 heterocycles. The predicted molar refractivity (Wildman–Crippen MR) is 93.9 cm³/mol. The van der Waals surface area contributed by atoms with E-state index in [4.69, 9.17) is 13.9 Å². The van der Waals surface area contributed by atoms with Gasteiger partial charge in [0.25, 0.3) is 0 Å². The zero-order valence-electron chi connectivity index (χ0n) is 14.9. The van der Waals surface area contributed by atoms with Crippen LogP contribution in [0.3, 0.4) is 0 Å². The Labute approximate surface area is 145 Å². The second-order valence-corrected chi connectivity index (χ2v) is 7.86. The molecule has 2 aromatic rings. The molecule has 25 heavy (non-hydrogen) atoms. The van der Waals surface area contributed by atoms with Gasteiger partial charge in [0.15, 0.2) is 0 Å². The number of aliphatic hydroxyl groups is 1. The number of fused-ring (bicyclic) bond motifs is 3. The molecule has 0 unspecified atom stereocenters. The number of allylic oxidation sites excluding steroid dienone is 1. The van der Waals surface area contributed by atoms with Crippen molar-refractivity contribution < 1.29 is 19.0 Å². The molecule has 5 heteroatoms. The van der Waals surface area contributed by atoms with E-state index in [0.717, 1.165) is 10.9 Å². The van der Waals surface area contributed by atoms with Crippen LogP contribution in [-0.2, 0) is 10.2 Å². The van der Waals surface area contributed by atoms with Gasteiger partial charge in [-0.1, -0.05) is 25.1 Å². The average molecular weight is 342 g/mol. The van der Waals surface area contributed by atoms with Gasteiger partial charge in [-0.2, -0.15) is 0 Å². The molecule has 3 atom stereocenters. The lowest BCUT2D eigenvalue weighted by atomic mass is 9.69. The second kappa shape index (κ2) is 4.74. The summed E-state index contributed by atoms with van der Waals surface area (Å²) in [6.07, 6.45) is 1.18. The Morgan fingerprint density at radius 3 is 2.64 bits per heavy atom. The SMILES string of the molecule is C=C[C@@]1(C)C[C@]2(Oc3c1c(=O)oc1cccc(C)c31)OC(C)(C)[C@@H]2O. The lowest BCUT2D eigenvalue weighted by Crippen LogP contribution is -2.75. The van der Waals surface area contributed by atoms with Gasteiger partial charge in [-0.15, -0.1) is 6.58 Å². The molecule has 1 aromatic heterocycles. The molecule has 2 aliphatic rings. The lowest BCUT2D eigenvalue weighted by molar-refractivity contribution is -0.413. The summed E-state index contributed by atoms with van der Waals surface area (Å²) in [7, 11) is 0. The van der Waals surface area contributed by atoms with Crippen LogP contribution >= 0.6 is 0 Å². The number of aryl methyl sites for hydroxylation is 1. The minimum absolute atomic E-state index is 0.295. The third-order valence-corrected chi connectivity index (χ3v) is 5.52. The van der Waals surface area contributed by atoms with Crippen molar-refractivity contribution in [3.63, 3.8) is 0 Å². The highest BCUT2D eigenvalue weighted by Crippen LogP contribution is 2.55. The number of rotatable bonds is 1. The van der Waals surface area contributed by atoms with E-state index in [9.17, 15) is 9.90 Å². The zero-order chi connectivity index (χ0) is 18.2. The first-order valence-corrected chi connectivity index (χ1v) is 8.41. The van der Waals surface area contributed by atoms with E-state index in [1.54, 1.807) is 12.1 Å². The first-order valence-electron chi connectivity index (χ1n) is 8.41. The van der Waals surface area contributed by atoms with Gasteiger partial charge in [0.1, 0.15) is 17.4 Å². The molecule has 0 bridgehead atoms. The Morgan fingerprint density at radius 1 is 1.32 bits per heavy atom. The lowest BCUT2D eigenvalue weighted by Gasteiger charge is -2.60. The smallest absolute Gasteiger partial charge is 0.344 e. The second-order valence-electron chi connectivity index (χ2n) is 7.86. The predicted octanol–water partition coefficient (Wildman–Crippen LogP) is 3.19. The minimum atomic E-state index is -1.19. The third-order valence-electron chi connectivity index (χ3n) is 5.52. The molecular weight excluding hydrogens is 320 g/mol. The van der Waals surface area contributed by atoms with Crippen molar-refractivity contribution in [2.24, 2.45) is 0 Å². The number of aliphatic hydroxyl groups excluding tert-OH is 1. The maximum atomic E-state index is 12.7. The van der Waals surface area contributed by atoms with Crippen molar-refractivity contribution in [1.82, 2.24) is 0 Å². The van der Waals surface area contributed by atoms with Crippen LogP contribution in [0.1, 0.15) is 38.3 Å². The standard InChI is InChI=1S/C20H22O5/c1-6-19(5)10-20(17(22)18(3,4)25-20)24-15-13-11(2)8-7-9-12(13)23-16(21)14(15)19/h6-9,17,22H,1,10H2,2-5H3/t17-,19-,20-/m0/s1. The molecule has 0 amide bonds. The third kappa shape index (κ3) is 1.99. The average Bonchev–Trinajstić information content (AvgIpc) is 2.53. The van der Waals surface area contributed by atoms with Crippen molar-refractivity contribution >= 4 is 11.0 Å². The van der Waals surface area contributed by atoms with Gasteiger partial charge >= 0.3 is 5.63 Å². The van der Waals surface area contributed by atoms with E-state index in [0.29, 0.717) is 23.3 Å². The summed E-state index contributed by atoms with van der Waals surface area (Å²) in [5.41, 5.74) is -0.0744. The Morgan fingerprint density at radius 2 is 2.04 bits per heavy atom. The van der Waals surface area contributed by atoms with Crippen LogP contribution in [0.4, 0.5) is 0 Å². The number of benzene rings is 1. The Hall–Kier alpha value is -2.11. The summed E-state index contributed by atoms with van der Waals surface area (Å²) in [6, 6.07) is 5.50. The molecular formula is C20H22O5. The summed E-state index contributed by atoms with van der Waals surface area (Å²) in [6.45, 7) is 11.4. The van der Waals surface area contributed by atoms with E-state index in [-0.39, 0.29) is 0 Å². The molecule has 5 nitrogen and oxygen atoms in total. The van der Waals surface area contributed by atoms with Crippen molar-refractivity contribution in [2.75, 3.05) is 0 Å². The number of ether oxygens (including phenoxy) is 2. The fraction of sp³-hybridized carbons (Fsp3) is 0.450. The van der Waals surface area contributed by atoms with Gasteiger partial charge < -0.3 is 19.0 Å². The van der Waals surface area contributed by atoms with Crippen molar-refractivity contribution in [3.8, 4) is 5.75 Å². The highest BCUT2D eigenvalue weighted by atomic mass is 16.8. The maximum absolute atomic E-state index is 12.7. The van der Waals surface area contributed by atoms with Crippen molar-refractivity contribution in [2.45, 2.75) is 57.0 Å². The highest BCUT2D eigenvalue weighted by molar-refractivity contribution is 5.88. The van der Waals surface area contributed by atoms with Crippen molar-refractivity contribution in [3.05, 3.63) is 52.4 Å². The fourth-order valence-corrected chi connectivity index (χ4v) is 4.20. The molecule has 2 aliphatic heterocycles. The van der Waals surface area contributed by atoms with Gasteiger partial charge in [0.05, 0.1) is 16.6 Å². The van der Waals surface area contributed by atoms with Crippen LogP contribution < -0.4 is 10.4 Å². The topological polar surface area (TPSA) is 68.9 Å². The van der Waals surface area contributed by atoms with Crippen LogP contribution in [0, 0.1) is 6.92 Å². The van der Waals surface area contributed by atoms with Crippen LogP contribution in [0.25, 0.3) is 11.0 Å². The molecule has 0 saturated carbocycles.